The van der Waals surface area contributed by atoms with Gasteiger partial charge >= 0.3 is 0 Å². The number of hydrogen-bond acceptors (Lipinski definition) is 6. The number of amides is 2. The highest BCUT2D eigenvalue weighted by atomic mass is 32.1. The van der Waals surface area contributed by atoms with Gasteiger partial charge in [-0.25, -0.2) is 0 Å². The third-order valence-electron chi connectivity index (χ3n) is 6.06. The lowest BCUT2D eigenvalue weighted by Crippen LogP contribution is -2.49. The van der Waals surface area contributed by atoms with Gasteiger partial charge in [0.2, 0.25) is 11.8 Å². The van der Waals surface area contributed by atoms with Crippen LogP contribution in [0.5, 0.6) is 0 Å². The molecule has 0 spiro atoms. The second-order valence-electron chi connectivity index (χ2n) is 7.47. The van der Waals surface area contributed by atoms with Crippen molar-refractivity contribution < 1.29 is 19.1 Å². The van der Waals surface area contributed by atoms with Crippen LogP contribution in [0.4, 0.5) is 5.69 Å². The van der Waals surface area contributed by atoms with Crippen LogP contribution in [0.1, 0.15) is 15.2 Å². The molecular weight excluding hydrogens is 388 g/mol. The third-order valence-corrected chi connectivity index (χ3v) is 6.94. The molecule has 0 saturated carbocycles. The van der Waals surface area contributed by atoms with Crippen LogP contribution in [0.25, 0.3) is 6.08 Å². The predicted molar refractivity (Wildman–Crippen MR) is 110 cm³/mol. The van der Waals surface area contributed by atoms with E-state index in [1.807, 2.05) is 52.8 Å². The van der Waals surface area contributed by atoms with Gasteiger partial charge in [0.15, 0.2) is 5.78 Å². The molecule has 2 aromatic rings. The highest BCUT2D eigenvalue weighted by Crippen LogP contribution is 2.49. The van der Waals surface area contributed by atoms with Gasteiger partial charge in [-0.15, -0.1) is 11.3 Å². The van der Waals surface area contributed by atoms with Crippen LogP contribution in [0.15, 0.2) is 47.9 Å². The van der Waals surface area contributed by atoms with E-state index in [1.54, 1.807) is 6.07 Å². The number of fused-ring (bicyclic) bond motifs is 5. The van der Waals surface area contributed by atoms with Crippen molar-refractivity contribution in [2.24, 2.45) is 11.8 Å². The van der Waals surface area contributed by atoms with E-state index in [-0.39, 0.29) is 36.8 Å². The Morgan fingerprint density at radius 3 is 2.66 bits per heavy atom. The number of hydrogen-bond donors (Lipinski definition) is 0. The molecule has 2 amide bonds. The molecule has 7 heteroatoms. The smallest absolute Gasteiger partial charge is 0.235 e. The Morgan fingerprint density at radius 1 is 1.10 bits per heavy atom. The average molecular weight is 408 g/mol. The Balaban J connectivity index is 1.62. The van der Waals surface area contributed by atoms with Gasteiger partial charge in [0.05, 0.1) is 35.9 Å². The molecule has 6 nitrogen and oxygen atoms in total. The first-order chi connectivity index (χ1) is 14.1. The maximum Gasteiger partial charge on any atom is 0.235 e. The molecule has 0 aliphatic carbocycles. The molecule has 1 aromatic carbocycles. The molecule has 0 bridgehead atoms. The average Bonchev–Trinajstić information content (AvgIpc) is 3.44. The monoisotopic (exact) mass is 408 g/mol. The number of para-hydroxylation sites is 1. The summed E-state index contributed by atoms with van der Waals surface area (Å²) in [7, 11) is 1.54. The number of ether oxygens (including phenoxy) is 1. The van der Waals surface area contributed by atoms with Gasteiger partial charge in [0, 0.05) is 12.8 Å². The number of methoxy groups -OCH3 is 1. The van der Waals surface area contributed by atoms with E-state index in [9.17, 15) is 14.4 Å². The van der Waals surface area contributed by atoms with Gasteiger partial charge in [0.1, 0.15) is 6.04 Å². The fraction of sp³-hybridized carbons (Fsp3) is 0.318. The summed E-state index contributed by atoms with van der Waals surface area (Å²) in [5.41, 5.74) is 1.89. The molecule has 29 heavy (non-hydrogen) atoms. The molecule has 5 rings (SSSR count). The molecular formula is C22H20N2O4S. The SMILES string of the molecule is COCCN1C(=O)[C@@H]2[C@@H](C1=O)[C@@H](C(=O)c1cccs1)N1c3ccccc3C=C[C@H]21. The summed E-state index contributed by atoms with van der Waals surface area (Å²) in [6.45, 7) is 0.502. The molecule has 0 radical (unpaired) electrons. The molecule has 2 saturated heterocycles. The summed E-state index contributed by atoms with van der Waals surface area (Å²) >= 11 is 1.37. The van der Waals surface area contributed by atoms with Crippen molar-refractivity contribution in [2.45, 2.75) is 12.1 Å². The second-order valence-corrected chi connectivity index (χ2v) is 8.42. The molecule has 4 atom stereocenters. The fourth-order valence-electron chi connectivity index (χ4n) is 4.84. The lowest BCUT2D eigenvalue weighted by Gasteiger charge is -2.36. The van der Waals surface area contributed by atoms with Crippen LogP contribution in [0.3, 0.4) is 0 Å². The number of imide groups is 1. The van der Waals surface area contributed by atoms with E-state index < -0.39 is 17.9 Å². The first kappa shape index (κ1) is 18.3. The molecule has 4 heterocycles. The first-order valence-electron chi connectivity index (χ1n) is 9.61. The van der Waals surface area contributed by atoms with Crippen molar-refractivity contribution in [1.82, 2.24) is 4.90 Å². The highest BCUT2D eigenvalue weighted by molar-refractivity contribution is 7.12. The van der Waals surface area contributed by atoms with Crippen molar-refractivity contribution >= 4 is 40.7 Å². The Bertz CT molecular complexity index is 1020. The molecule has 0 unspecified atom stereocenters. The minimum absolute atomic E-state index is 0.0997. The molecule has 1 aromatic heterocycles. The van der Waals surface area contributed by atoms with Gasteiger partial charge < -0.3 is 9.64 Å². The van der Waals surface area contributed by atoms with E-state index in [0.717, 1.165) is 11.3 Å². The Hall–Kier alpha value is -2.77. The van der Waals surface area contributed by atoms with Crippen LogP contribution in [0.2, 0.25) is 0 Å². The van der Waals surface area contributed by atoms with E-state index in [1.165, 1.54) is 23.3 Å². The number of likely N-dealkylation sites (tertiary alicyclic amines) is 1. The lowest BCUT2D eigenvalue weighted by molar-refractivity contribution is -0.141. The molecule has 3 aliphatic heterocycles. The van der Waals surface area contributed by atoms with Crippen LogP contribution in [-0.2, 0) is 14.3 Å². The van der Waals surface area contributed by atoms with E-state index in [0.29, 0.717) is 4.88 Å². The van der Waals surface area contributed by atoms with Gasteiger partial charge in [-0.2, -0.15) is 0 Å². The van der Waals surface area contributed by atoms with Crippen LogP contribution in [0, 0.1) is 11.8 Å². The quantitative estimate of drug-likeness (QED) is 0.562. The number of benzene rings is 1. The number of ketones is 1. The number of Topliss-reactive ketones (excluding diaryl/α,β-unsaturated/α-hetero) is 1. The zero-order valence-electron chi connectivity index (χ0n) is 15.9. The fourth-order valence-corrected chi connectivity index (χ4v) is 5.54. The number of nitrogens with zero attached hydrogens (tertiary/aromatic N) is 2. The summed E-state index contributed by atoms with van der Waals surface area (Å²) < 4.78 is 5.07. The molecule has 0 N–H and O–H groups in total. The number of thiophene rings is 1. The minimum atomic E-state index is -0.696. The topological polar surface area (TPSA) is 66.9 Å². The number of carbonyl (C=O) groups excluding carboxylic acids is 3. The predicted octanol–water partition coefficient (Wildman–Crippen LogP) is 2.46. The molecule has 2 fully saturated rings. The molecule has 3 aliphatic rings. The Morgan fingerprint density at radius 2 is 1.90 bits per heavy atom. The van der Waals surface area contributed by atoms with E-state index in [2.05, 4.69) is 0 Å². The zero-order chi connectivity index (χ0) is 20.1. The van der Waals surface area contributed by atoms with E-state index in [4.69, 9.17) is 4.74 Å². The minimum Gasteiger partial charge on any atom is -0.383 e. The Labute approximate surface area is 172 Å². The first-order valence-corrected chi connectivity index (χ1v) is 10.5. The van der Waals surface area contributed by atoms with Gasteiger partial charge in [-0.1, -0.05) is 36.4 Å². The van der Waals surface area contributed by atoms with Crippen molar-refractivity contribution in [3.05, 3.63) is 58.3 Å². The van der Waals surface area contributed by atoms with E-state index >= 15 is 0 Å². The van der Waals surface area contributed by atoms with Gasteiger partial charge in [0.25, 0.3) is 0 Å². The summed E-state index contributed by atoms with van der Waals surface area (Å²) in [5.74, 6) is -1.82. The number of rotatable bonds is 5. The normalized spacial score (nSPS) is 27.2. The zero-order valence-corrected chi connectivity index (χ0v) is 16.7. The van der Waals surface area contributed by atoms with Crippen molar-refractivity contribution in [2.75, 3.05) is 25.2 Å². The molecule has 148 valence electrons. The van der Waals surface area contributed by atoms with Gasteiger partial charge in [-0.3, -0.25) is 19.3 Å². The largest absolute Gasteiger partial charge is 0.383 e. The maximum atomic E-state index is 13.5. The van der Waals surface area contributed by atoms with Crippen molar-refractivity contribution in [1.29, 1.82) is 0 Å². The second kappa shape index (κ2) is 6.93. The van der Waals surface area contributed by atoms with Gasteiger partial charge in [-0.05, 0) is 23.1 Å². The van der Waals surface area contributed by atoms with Crippen LogP contribution >= 0.6 is 11.3 Å². The lowest BCUT2D eigenvalue weighted by atomic mass is 9.87. The third kappa shape index (κ3) is 2.61. The standard InChI is InChI=1S/C22H20N2O4S/c1-28-11-10-23-21(26)17-15-9-8-13-5-2-3-6-14(13)24(15)19(18(17)22(23)27)20(25)16-7-4-12-29-16/h2-9,12,15,17-19H,10-11H2,1H3/t15-,17+,18-,19+/m1/s1. The summed E-state index contributed by atoms with van der Waals surface area (Å²) in [4.78, 5) is 43.9. The van der Waals surface area contributed by atoms with Crippen molar-refractivity contribution in [3.63, 3.8) is 0 Å². The number of carbonyl (C=O) groups is 3. The Kier molecular flexibility index (Phi) is 4.37. The highest BCUT2D eigenvalue weighted by Gasteiger charge is 2.63. The van der Waals surface area contributed by atoms with Crippen LogP contribution < -0.4 is 4.90 Å². The summed E-state index contributed by atoms with van der Waals surface area (Å²) in [6, 6.07) is 10.4. The maximum absolute atomic E-state index is 13.5. The van der Waals surface area contributed by atoms with Crippen LogP contribution in [-0.4, -0.2) is 54.8 Å². The summed E-state index contributed by atoms with van der Waals surface area (Å²) in [6.07, 6.45) is 3.95. The summed E-state index contributed by atoms with van der Waals surface area (Å²) in [5, 5.41) is 1.85. The van der Waals surface area contributed by atoms with Crippen molar-refractivity contribution in [3.8, 4) is 0 Å². The number of anilines is 1.